The van der Waals surface area contributed by atoms with E-state index in [2.05, 4.69) is 0 Å². The Morgan fingerprint density at radius 1 is 0.966 bits per heavy atom. The van der Waals surface area contributed by atoms with Crippen molar-refractivity contribution in [3.63, 3.8) is 0 Å². The maximum absolute atomic E-state index is 12.5. The van der Waals surface area contributed by atoms with Crippen molar-refractivity contribution in [3.8, 4) is 16.9 Å². The predicted molar refractivity (Wildman–Crippen MR) is 109 cm³/mol. The van der Waals surface area contributed by atoms with Gasteiger partial charge in [0.05, 0.1) is 23.3 Å². The van der Waals surface area contributed by atoms with E-state index in [1.807, 2.05) is 36.4 Å². The van der Waals surface area contributed by atoms with Crippen LogP contribution in [0, 0.1) is 11.8 Å². The van der Waals surface area contributed by atoms with E-state index >= 15 is 0 Å². The minimum atomic E-state index is -0.519. The molecule has 0 N–H and O–H groups in total. The molecule has 1 aliphatic carbocycles. The molecule has 2 atom stereocenters. The molecule has 1 saturated carbocycles. The Morgan fingerprint density at radius 2 is 1.62 bits per heavy atom. The molecular formula is C23H22ClNO4. The standard InChI is InChI=1S/C23H22ClNO4/c24-19-14-16(15-6-2-1-3-7-15)10-11-20(19)29-21(26)12-13-25-22(27)17-8-4-5-9-18(17)23(25)28/h1-3,6-7,10-11,14,17-18H,4-5,8-9,12-13H2. The van der Waals surface area contributed by atoms with Crippen LogP contribution < -0.4 is 4.74 Å². The quantitative estimate of drug-likeness (QED) is 0.413. The molecule has 6 heteroatoms. The number of amides is 2. The molecule has 2 aromatic carbocycles. The fourth-order valence-corrected chi connectivity index (χ4v) is 4.44. The van der Waals surface area contributed by atoms with Gasteiger partial charge >= 0.3 is 5.97 Å². The monoisotopic (exact) mass is 411 g/mol. The van der Waals surface area contributed by atoms with Gasteiger partial charge in [-0.1, -0.05) is 60.8 Å². The van der Waals surface area contributed by atoms with Crippen molar-refractivity contribution in [1.29, 1.82) is 0 Å². The van der Waals surface area contributed by atoms with E-state index in [9.17, 15) is 14.4 Å². The van der Waals surface area contributed by atoms with Crippen LogP contribution in [0.5, 0.6) is 5.75 Å². The number of rotatable bonds is 5. The van der Waals surface area contributed by atoms with Gasteiger partial charge in [0.1, 0.15) is 5.75 Å². The number of esters is 1. The lowest BCUT2D eigenvalue weighted by Gasteiger charge is -2.19. The van der Waals surface area contributed by atoms with E-state index in [-0.39, 0.29) is 42.4 Å². The molecule has 4 rings (SSSR count). The van der Waals surface area contributed by atoms with Crippen LogP contribution in [0.25, 0.3) is 11.1 Å². The van der Waals surface area contributed by atoms with Gasteiger partial charge in [0.15, 0.2) is 0 Å². The molecule has 2 amide bonds. The highest BCUT2D eigenvalue weighted by Crippen LogP contribution is 2.38. The van der Waals surface area contributed by atoms with E-state index in [4.69, 9.17) is 16.3 Å². The maximum Gasteiger partial charge on any atom is 0.313 e. The van der Waals surface area contributed by atoms with Gasteiger partial charge in [-0.25, -0.2) is 0 Å². The molecule has 0 aromatic heterocycles. The molecule has 0 radical (unpaired) electrons. The summed E-state index contributed by atoms with van der Waals surface area (Å²) in [6, 6.07) is 15.0. The normalized spacial score (nSPS) is 21.2. The predicted octanol–water partition coefficient (Wildman–Crippen LogP) is 4.48. The van der Waals surface area contributed by atoms with Crippen LogP contribution in [0.4, 0.5) is 0 Å². The van der Waals surface area contributed by atoms with Crippen LogP contribution in [0.2, 0.25) is 5.02 Å². The van der Waals surface area contributed by atoms with Crippen molar-refractivity contribution >= 4 is 29.4 Å². The van der Waals surface area contributed by atoms with E-state index in [0.717, 1.165) is 36.8 Å². The first-order valence-corrected chi connectivity index (χ1v) is 10.3. The molecule has 150 valence electrons. The van der Waals surface area contributed by atoms with Gasteiger partial charge in [0, 0.05) is 6.54 Å². The molecule has 1 saturated heterocycles. The first-order chi connectivity index (χ1) is 14.0. The Balaban J connectivity index is 1.36. The fraction of sp³-hybridized carbons (Fsp3) is 0.348. The van der Waals surface area contributed by atoms with Crippen molar-refractivity contribution in [2.75, 3.05) is 6.54 Å². The second kappa shape index (κ2) is 8.37. The largest absolute Gasteiger partial charge is 0.425 e. The van der Waals surface area contributed by atoms with E-state index in [1.54, 1.807) is 12.1 Å². The third-order valence-electron chi connectivity index (χ3n) is 5.73. The average Bonchev–Trinajstić information content (AvgIpc) is 2.99. The summed E-state index contributed by atoms with van der Waals surface area (Å²) in [5.41, 5.74) is 1.94. The zero-order valence-electron chi connectivity index (χ0n) is 16.0. The van der Waals surface area contributed by atoms with Gasteiger partial charge in [-0.05, 0) is 36.1 Å². The van der Waals surface area contributed by atoms with Crippen LogP contribution in [0.15, 0.2) is 48.5 Å². The Bertz CT molecular complexity index is 919. The number of carbonyl (C=O) groups is 3. The smallest absolute Gasteiger partial charge is 0.313 e. The molecule has 5 nitrogen and oxygen atoms in total. The topological polar surface area (TPSA) is 63.7 Å². The van der Waals surface area contributed by atoms with E-state index in [1.165, 1.54) is 4.90 Å². The third kappa shape index (κ3) is 4.06. The lowest BCUT2D eigenvalue weighted by molar-refractivity contribution is -0.141. The van der Waals surface area contributed by atoms with Gasteiger partial charge in [-0.2, -0.15) is 0 Å². The summed E-state index contributed by atoms with van der Waals surface area (Å²) >= 11 is 6.28. The van der Waals surface area contributed by atoms with Gasteiger partial charge < -0.3 is 4.74 Å². The van der Waals surface area contributed by atoms with Crippen LogP contribution in [-0.2, 0) is 14.4 Å². The molecule has 2 unspecified atom stereocenters. The molecule has 2 aliphatic rings. The summed E-state index contributed by atoms with van der Waals surface area (Å²) in [6.07, 6.45) is 3.44. The minimum absolute atomic E-state index is 0.0479. The molecule has 1 aliphatic heterocycles. The summed E-state index contributed by atoms with van der Waals surface area (Å²) in [5.74, 6) is -0.936. The molecule has 1 heterocycles. The van der Waals surface area contributed by atoms with Crippen molar-refractivity contribution in [1.82, 2.24) is 4.90 Å². The molecule has 29 heavy (non-hydrogen) atoms. The van der Waals surface area contributed by atoms with Crippen LogP contribution >= 0.6 is 11.6 Å². The molecule has 2 fully saturated rings. The van der Waals surface area contributed by atoms with E-state index in [0.29, 0.717) is 5.02 Å². The number of imide groups is 1. The number of fused-ring (bicyclic) bond motifs is 1. The van der Waals surface area contributed by atoms with Gasteiger partial charge in [-0.15, -0.1) is 0 Å². The van der Waals surface area contributed by atoms with Crippen molar-refractivity contribution in [3.05, 3.63) is 53.6 Å². The highest BCUT2D eigenvalue weighted by molar-refractivity contribution is 6.32. The van der Waals surface area contributed by atoms with Crippen LogP contribution in [0.1, 0.15) is 32.1 Å². The molecule has 2 aromatic rings. The summed E-state index contributed by atoms with van der Waals surface area (Å²) in [7, 11) is 0. The van der Waals surface area contributed by atoms with Gasteiger partial charge in [0.2, 0.25) is 11.8 Å². The van der Waals surface area contributed by atoms with Crippen LogP contribution in [0.3, 0.4) is 0 Å². The fourth-order valence-electron chi connectivity index (χ4n) is 4.22. The molecule has 0 spiro atoms. The maximum atomic E-state index is 12.5. The number of hydrogen-bond donors (Lipinski definition) is 0. The summed E-state index contributed by atoms with van der Waals surface area (Å²) in [4.78, 5) is 38.5. The lowest BCUT2D eigenvalue weighted by atomic mass is 9.81. The number of carbonyl (C=O) groups excluding carboxylic acids is 3. The third-order valence-corrected chi connectivity index (χ3v) is 6.03. The van der Waals surface area contributed by atoms with Gasteiger partial charge in [-0.3, -0.25) is 19.3 Å². The minimum Gasteiger partial charge on any atom is -0.425 e. The number of hydrogen-bond acceptors (Lipinski definition) is 4. The zero-order valence-corrected chi connectivity index (χ0v) is 16.7. The summed E-state index contributed by atoms with van der Waals surface area (Å²) < 4.78 is 5.36. The Kier molecular flexibility index (Phi) is 5.67. The Hall–Kier alpha value is -2.66. The first kappa shape index (κ1) is 19.6. The number of ether oxygens (including phenoxy) is 1. The Labute approximate surface area is 174 Å². The van der Waals surface area contributed by atoms with E-state index < -0.39 is 5.97 Å². The SMILES string of the molecule is O=C(CCN1C(=O)C2CCCCC2C1=O)Oc1ccc(-c2ccccc2)cc1Cl. The second-order valence-electron chi connectivity index (χ2n) is 7.56. The van der Waals surface area contributed by atoms with Crippen molar-refractivity contribution < 1.29 is 19.1 Å². The first-order valence-electron chi connectivity index (χ1n) is 9.95. The Morgan fingerprint density at radius 3 is 2.24 bits per heavy atom. The average molecular weight is 412 g/mol. The number of nitrogens with zero attached hydrogens (tertiary/aromatic N) is 1. The van der Waals surface area contributed by atoms with Crippen molar-refractivity contribution in [2.45, 2.75) is 32.1 Å². The highest BCUT2D eigenvalue weighted by Gasteiger charge is 2.47. The number of likely N-dealkylation sites (tertiary alicyclic amines) is 1. The van der Waals surface area contributed by atoms with Crippen molar-refractivity contribution in [2.24, 2.45) is 11.8 Å². The number of halogens is 1. The van der Waals surface area contributed by atoms with Crippen LogP contribution in [-0.4, -0.2) is 29.2 Å². The molecule has 0 bridgehead atoms. The molecular weight excluding hydrogens is 390 g/mol. The highest BCUT2D eigenvalue weighted by atomic mass is 35.5. The summed E-state index contributed by atoms with van der Waals surface area (Å²) in [6.45, 7) is 0.0587. The van der Waals surface area contributed by atoms with Gasteiger partial charge in [0.25, 0.3) is 0 Å². The number of benzene rings is 2. The second-order valence-corrected chi connectivity index (χ2v) is 7.97. The summed E-state index contributed by atoms with van der Waals surface area (Å²) in [5, 5.41) is 0.332. The zero-order chi connectivity index (χ0) is 20.4. The lowest BCUT2D eigenvalue weighted by Crippen LogP contribution is -2.33.